The molecule has 1 amide bonds. The molecule has 1 aliphatic rings. The summed E-state index contributed by atoms with van der Waals surface area (Å²) in [5.41, 5.74) is 1.45. The number of carbonyl (C=O) groups excluding carboxylic acids is 1. The van der Waals surface area contributed by atoms with Gasteiger partial charge in [-0.15, -0.1) is 11.3 Å². The van der Waals surface area contributed by atoms with E-state index in [2.05, 4.69) is 22.1 Å². The zero-order valence-electron chi connectivity index (χ0n) is 14.9. The predicted molar refractivity (Wildman–Crippen MR) is 101 cm³/mol. The van der Waals surface area contributed by atoms with Crippen LogP contribution in [0.15, 0.2) is 29.6 Å². The van der Waals surface area contributed by atoms with E-state index in [9.17, 15) is 9.18 Å². The van der Waals surface area contributed by atoms with Crippen molar-refractivity contribution >= 4 is 17.2 Å². The summed E-state index contributed by atoms with van der Waals surface area (Å²) in [6.07, 6.45) is 1.13. The quantitative estimate of drug-likeness (QED) is 0.806. The standard InChI is InChI=1S/C19H24FN3O2S/c1-2-16(12-23-6-8-25-9-7-23)21-18(24)11-17-13-26-19(22-17)14-4-3-5-15(20)10-14/h3-5,10,13,16H,2,6-9,11-12H2,1H3,(H,21,24). The second-order valence-electron chi connectivity index (χ2n) is 6.42. The summed E-state index contributed by atoms with van der Waals surface area (Å²) in [6.45, 7) is 6.26. The van der Waals surface area contributed by atoms with Gasteiger partial charge in [0.15, 0.2) is 0 Å². The van der Waals surface area contributed by atoms with Crippen LogP contribution in [0, 0.1) is 5.82 Å². The van der Waals surface area contributed by atoms with Gasteiger partial charge in [-0.1, -0.05) is 19.1 Å². The van der Waals surface area contributed by atoms with E-state index in [1.165, 1.54) is 23.5 Å². The Kier molecular flexibility index (Phi) is 6.71. The minimum Gasteiger partial charge on any atom is -0.379 e. The van der Waals surface area contributed by atoms with Gasteiger partial charge in [0.05, 0.1) is 25.3 Å². The van der Waals surface area contributed by atoms with Crippen molar-refractivity contribution in [3.63, 3.8) is 0 Å². The lowest BCUT2D eigenvalue weighted by Gasteiger charge is -2.30. The topological polar surface area (TPSA) is 54.5 Å². The molecule has 26 heavy (non-hydrogen) atoms. The first kappa shape index (κ1) is 18.9. The number of benzene rings is 1. The number of ether oxygens (including phenoxy) is 1. The van der Waals surface area contributed by atoms with Crippen LogP contribution in [0.25, 0.3) is 10.6 Å². The monoisotopic (exact) mass is 377 g/mol. The number of carbonyl (C=O) groups is 1. The third-order valence-corrected chi connectivity index (χ3v) is 5.35. The highest BCUT2D eigenvalue weighted by Gasteiger charge is 2.18. The fourth-order valence-corrected chi connectivity index (χ4v) is 3.77. The Morgan fingerprint density at radius 3 is 2.96 bits per heavy atom. The number of nitrogens with one attached hydrogen (secondary N) is 1. The summed E-state index contributed by atoms with van der Waals surface area (Å²) in [6, 6.07) is 6.47. The first-order chi connectivity index (χ1) is 12.6. The van der Waals surface area contributed by atoms with E-state index in [1.807, 2.05) is 11.4 Å². The summed E-state index contributed by atoms with van der Waals surface area (Å²) in [4.78, 5) is 19.2. The van der Waals surface area contributed by atoms with Crippen molar-refractivity contribution in [2.75, 3.05) is 32.8 Å². The minimum atomic E-state index is -0.286. The second-order valence-corrected chi connectivity index (χ2v) is 7.27. The lowest BCUT2D eigenvalue weighted by atomic mass is 10.2. The van der Waals surface area contributed by atoms with Gasteiger partial charge in [-0.2, -0.15) is 0 Å². The highest BCUT2D eigenvalue weighted by molar-refractivity contribution is 7.13. The maximum atomic E-state index is 13.3. The molecule has 0 radical (unpaired) electrons. The number of rotatable bonds is 7. The maximum Gasteiger partial charge on any atom is 0.226 e. The van der Waals surface area contributed by atoms with Crippen molar-refractivity contribution < 1.29 is 13.9 Å². The average Bonchev–Trinajstić information content (AvgIpc) is 3.10. The Balaban J connectivity index is 1.54. The Morgan fingerprint density at radius 1 is 1.42 bits per heavy atom. The van der Waals surface area contributed by atoms with E-state index in [0.717, 1.165) is 49.8 Å². The molecule has 1 aliphatic heterocycles. The van der Waals surface area contributed by atoms with E-state index >= 15 is 0 Å². The number of hydrogen-bond donors (Lipinski definition) is 1. The molecule has 3 rings (SSSR count). The molecule has 1 saturated heterocycles. The molecule has 1 aromatic carbocycles. The van der Waals surface area contributed by atoms with E-state index in [-0.39, 0.29) is 24.2 Å². The Labute approximate surface area is 157 Å². The van der Waals surface area contributed by atoms with Gasteiger partial charge in [0.2, 0.25) is 5.91 Å². The van der Waals surface area contributed by atoms with Gasteiger partial charge < -0.3 is 10.1 Å². The molecule has 1 N–H and O–H groups in total. The molecule has 1 unspecified atom stereocenters. The number of hydrogen-bond acceptors (Lipinski definition) is 5. The number of morpholine rings is 1. The first-order valence-electron chi connectivity index (χ1n) is 8.94. The predicted octanol–water partition coefficient (Wildman–Crippen LogP) is 2.72. The molecule has 0 spiro atoms. The van der Waals surface area contributed by atoms with Crippen molar-refractivity contribution in [3.8, 4) is 10.6 Å². The van der Waals surface area contributed by atoms with Gasteiger partial charge in [0.25, 0.3) is 0 Å². The second kappa shape index (κ2) is 9.21. The third-order valence-electron chi connectivity index (χ3n) is 4.41. The van der Waals surface area contributed by atoms with E-state index in [4.69, 9.17) is 4.74 Å². The number of halogens is 1. The lowest BCUT2D eigenvalue weighted by Crippen LogP contribution is -2.47. The molecule has 0 saturated carbocycles. The summed E-state index contributed by atoms with van der Waals surface area (Å²) in [5.74, 6) is -0.313. The van der Waals surface area contributed by atoms with E-state index < -0.39 is 0 Å². The molecular weight excluding hydrogens is 353 g/mol. The number of thiazole rings is 1. The van der Waals surface area contributed by atoms with Gasteiger partial charge in [-0.25, -0.2) is 9.37 Å². The van der Waals surface area contributed by atoms with Crippen molar-refractivity contribution in [3.05, 3.63) is 41.2 Å². The molecule has 2 aromatic rings. The van der Waals surface area contributed by atoms with Crippen molar-refractivity contribution in [2.45, 2.75) is 25.8 Å². The SMILES string of the molecule is CCC(CN1CCOCC1)NC(=O)Cc1csc(-c2cccc(F)c2)n1. The molecule has 1 atom stereocenters. The van der Waals surface area contributed by atoms with Crippen molar-refractivity contribution in [1.29, 1.82) is 0 Å². The van der Waals surface area contributed by atoms with Gasteiger partial charge in [0, 0.05) is 36.6 Å². The number of nitrogens with zero attached hydrogens (tertiary/aromatic N) is 2. The Bertz CT molecular complexity index is 731. The van der Waals surface area contributed by atoms with E-state index in [1.54, 1.807) is 6.07 Å². The molecule has 0 aliphatic carbocycles. The normalized spacial score (nSPS) is 16.4. The minimum absolute atomic E-state index is 0.0267. The Hall–Kier alpha value is -1.83. The zero-order chi connectivity index (χ0) is 18.4. The van der Waals surface area contributed by atoms with Gasteiger partial charge in [0.1, 0.15) is 10.8 Å². The van der Waals surface area contributed by atoms with Crippen LogP contribution in [0.3, 0.4) is 0 Å². The van der Waals surface area contributed by atoms with Gasteiger partial charge in [-0.05, 0) is 18.6 Å². The van der Waals surface area contributed by atoms with Crippen molar-refractivity contribution in [2.24, 2.45) is 0 Å². The average molecular weight is 377 g/mol. The fraction of sp³-hybridized carbons (Fsp3) is 0.474. The summed E-state index contributed by atoms with van der Waals surface area (Å²) < 4.78 is 18.7. The third kappa shape index (κ3) is 5.33. The highest BCUT2D eigenvalue weighted by atomic mass is 32.1. The van der Waals surface area contributed by atoms with Crippen LogP contribution in [-0.4, -0.2) is 54.7 Å². The molecule has 1 aromatic heterocycles. The zero-order valence-corrected chi connectivity index (χ0v) is 15.7. The molecule has 140 valence electrons. The van der Waals surface area contributed by atoms with Crippen molar-refractivity contribution in [1.82, 2.24) is 15.2 Å². The summed E-state index contributed by atoms with van der Waals surface area (Å²) in [5, 5.41) is 5.70. The fourth-order valence-electron chi connectivity index (χ4n) is 2.96. The van der Waals surface area contributed by atoms with E-state index in [0.29, 0.717) is 5.69 Å². The largest absolute Gasteiger partial charge is 0.379 e. The molecule has 2 heterocycles. The van der Waals surface area contributed by atoms with Crippen LogP contribution in [0.1, 0.15) is 19.0 Å². The summed E-state index contributed by atoms with van der Waals surface area (Å²) in [7, 11) is 0. The van der Waals surface area contributed by atoms with Crippen LogP contribution >= 0.6 is 11.3 Å². The van der Waals surface area contributed by atoms with Gasteiger partial charge >= 0.3 is 0 Å². The highest BCUT2D eigenvalue weighted by Crippen LogP contribution is 2.24. The lowest BCUT2D eigenvalue weighted by molar-refractivity contribution is -0.121. The van der Waals surface area contributed by atoms with Crippen LogP contribution in [0.2, 0.25) is 0 Å². The first-order valence-corrected chi connectivity index (χ1v) is 9.82. The molecule has 5 nitrogen and oxygen atoms in total. The molecule has 7 heteroatoms. The molecule has 0 bridgehead atoms. The summed E-state index contributed by atoms with van der Waals surface area (Å²) >= 11 is 1.43. The number of aromatic nitrogens is 1. The maximum absolute atomic E-state index is 13.3. The van der Waals surface area contributed by atoms with Crippen LogP contribution in [0.5, 0.6) is 0 Å². The van der Waals surface area contributed by atoms with Crippen LogP contribution < -0.4 is 5.32 Å². The van der Waals surface area contributed by atoms with Crippen LogP contribution in [0.4, 0.5) is 4.39 Å². The number of amides is 1. The van der Waals surface area contributed by atoms with Gasteiger partial charge in [-0.3, -0.25) is 9.69 Å². The molecular formula is C19H24FN3O2S. The van der Waals surface area contributed by atoms with Crippen LogP contribution in [-0.2, 0) is 16.0 Å². The Morgan fingerprint density at radius 2 is 2.23 bits per heavy atom. The molecule has 1 fully saturated rings. The smallest absolute Gasteiger partial charge is 0.226 e.